The van der Waals surface area contributed by atoms with Crippen LogP contribution in [0, 0.1) is 0 Å². The summed E-state index contributed by atoms with van der Waals surface area (Å²) in [5, 5.41) is 2.03. The van der Waals surface area contributed by atoms with E-state index in [1.807, 2.05) is 11.4 Å². The third kappa shape index (κ3) is 3.62. The van der Waals surface area contributed by atoms with Crippen molar-refractivity contribution in [1.82, 2.24) is 9.80 Å². The molecule has 7 nitrogen and oxygen atoms in total. The van der Waals surface area contributed by atoms with Gasteiger partial charge in [-0.1, -0.05) is 0 Å². The van der Waals surface area contributed by atoms with Crippen molar-refractivity contribution < 1.29 is 23.5 Å². The van der Waals surface area contributed by atoms with E-state index in [-0.39, 0.29) is 24.2 Å². The van der Waals surface area contributed by atoms with E-state index in [2.05, 4.69) is 0 Å². The van der Waals surface area contributed by atoms with Crippen LogP contribution in [0.15, 0.2) is 34.3 Å². The summed E-state index contributed by atoms with van der Waals surface area (Å²) >= 11 is 1.71. The molecule has 2 aliphatic rings. The second-order valence-corrected chi connectivity index (χ2v) is 7.68. The highest BCUT2D eigenvalue weighted by Gasteiger charge is 2.37. The lowest BCUT2D eigenvalue weighted by atomic mass is 10.1. The first-order chi connectivity index (χ1) is 13.1. The monoisotopic (exact) mass is 388 g/mol. The van der Waals surface area contributed by atoms with Crippen molar-refractivity contribution in [2.24, 2.45) is 0 Å². The maximum atomic E-state index is 12.5. The van der Waals surface area contributed by atoms with Crippen molar-refractivity contribution >= 4 is 29.1 Å². The molecule has 4 heterocycles. The minimum Gasteiger partial charge on any atom is -0.459 e. The third-order valence-corrected chi connectivity index (χ3v) is 6.04. The quantitative estimate of drug-likeness (QED) is 0.749. The maximum Gasteiger partial charge on any atom is 0.329 e. The molecule has 1 saturated heterocycles. The van der Waals surface area contributed by atoms with E-state index >= 15 is 0 Å². The summed E-state index contributed by atoms with van der Waals surface area (Å²) in [5.74, 6) is -0.867. The lowest BCUT2D eigenvalue weighted by Crippen LogP contribution is -2.43. The minimum atomic E-state index is -0.666. The van der Waals surface area contributed by atoms with Gasteiger partial charge in [-0.05, 0) is 48.4 Å². The Hall–Kier alpha value is -2.61. The number of ether oxygens (including phenoxy) is 1. The van der Waals surface area contributed by atoms with E-state index in [4.69, 9.17) is 9.15 Å². The Balaban J connectivity index is 1.32. The highest BCUT2D eigenvalue weighted by Crippen LogP contribution is 2.24. The molecule has 0 unspecified atom stereocenters. The minimum absolute atomic E-state index is 0.200. The fourth-order valence-corrected chi connectivity index (χ4v) is 4.47. The van der Waals surface area contributed by atoms with Crippen molar-refractivity contribution in [3.63, 3.8) is 0 Å². The second-order valence-electron chi connectivity index (χ2n) is 6.68. The lowest BCUT2D eigenvalue weighted by molar-refractivity contribution is -0.155. The first kappa shape index (κ1) is 17.8. The van der Waals surface area contributed by atoms with Crippen molar-refractivity contribution in [2.45, 2.75) is 31.8 Å². The van der Waals surface area contributed by atoms with Crippen LogP contribution in [0.25, 0.3) is 0 Å². The van der Waals surface area contributed by atoms with E-state index in [9.17, 15) is 14.4 Å². The first-order valence-corrected chi connectivity index (χ1v) is 9.85. The fraction of sp³-hybridized carbons (Fsp3) is 0.421. The van der Waals surface area contributed by atoms with Crippen LogP contribution in [0.2, 0.25) is 0 Å². The molecule has 0 spiro atoms. The summed E-state index contributed by atoms with van der Waals surface area (Å²) in [4.78, 5) is 41.8. The van der Waals surface area contributed by atoms with Crippen LogP contribution in [0.3, 0.4) is 0 Å². The van der Waals surface area contributed by atoms with Gasteiger partial charge in [-0.25, -0.2) is 4.79 Å². The number of likely N-dealkylation sites (tertiary alicyclic amines) is 1. The smallest absolute Gasteiger partial charge is 0.329 e. The zero-order chi connectivity index (χ0) is 18.8. The number of nitrogens with zero attached hydrogens (tertiary/aromatic N) is 2. The molecule has 1 fully saturated rings. The van der Waals surface area contributed by atoms with E-state index in [1.54, 1.807) is 28.4 Å². The van der Waals surface area contributed by atoms with E-state index in [1.165, 1.54) is 16.0 Å². The van der Waals surface area contributed by atoms with Gasteiger partial charge >= 0.3 is 5.97 Å². The topological polar surface area (TPSA) is 80.1 Å². The van der Waals surface area contributed by atoms with Crippen LogP contribution >= 0.6 is 11.3 Å². The molecule has 0 radical (unpaired) electrons. The SMILES string of the molecule is O=C(OCC(=O)N1CCc2sccc2C1)[C@@H]1CCCN1C(=O)c1ccco1. The van der Waals surface area contributed by atoms with Crippen molar-refractivity contribution in [1.29, 1.82) is 0 Å². The maximum absolute atomic E-state index is 12.5. The predicted molar refractivity (Wildman–Crippen MR) is 97.2 cm³/mol. The fourth-order valence-electron chi connectivity index (χ4n) is 3.58. The molecule has 1 atom stereocenters. The van der Waals surface area contributed by atoms with Gasteiger partial charge in [0.05, 0.1) is 6.26 Å². The largest absolute Gasteiger partial charge is 0.459 e. The molecule has 0 aliphatic carbocycles. The van der Waals surface area contributed by atoms with Gasteiger partial charge in [0.1, 0.15) is 6.04 Å². The summed E-state index contributed by atoms with van der Waals surface area (Å²) in [7, 11) is 0. The Morgan fingerprint density at radius 3 is 2.96 bits per heavy atom. The molecular formula is C19H20N2O5S. The number of hydrogen-bond acceptors (Lipinski definition) is 6. The summed E-state index contributed by atoms with van der Waals surface area (Å²) in [6.45, 7) is 1.37. The number of carbonyl (C=O) groups is 3. The average molecular weight is 388 g/mol. The van der Waals surface area contributed by atoms with Crippen LogP contribution < -0.4 is 0 Å². The molecule has 8 heteroatoms. The number of furan rings is 1. The van der Waals surface area contributed by atoms with Gasteiger partial charge in [0.25, 0.3) is 11.8 Å². The number of hydrogen-bond donors (Lipinski definition) is 0. The van der Waals surface area contributed by atoms with Crippen LogP contribution in [0.5, 0.6) is 0 Å². The highest BCUT2D eigenvalue weighted by atomic mass is 32.1. The molecule has 0 saturated carbocycles. The van der Waals surface area contributed by atoms with Crippen LogP contribution in [-0.2, 0) is 27.3 Å². The Morgan fingerprint density at radius 1 is 1.26 bits per heavy atom. The van der Waals surface area contributed by atoms with Gasteiger partial charge < -0.3 is 19.0 Å². The summed E-state index contributed by atoms with van der Waals surface area (Å²) < 4.78 is 10.4. The lowest BCUT2D eigenvalue weighted by Gasteiger charge is -2.27. The van der Waals surface area contributed by atoms with Gasteiger partial charge in [0.15, 0.2) is 12.4 Å². The molecule has 2 aromatic heterocycles. The normalized spacial score (nSPS) is 19.0. The van der Waals surface area contributed by atoms with Gasteiger partial charge in [-0.2, -0.15) is 0 Å². The predicted octanol–water partition coefficient (Wildman–Crippen LogP) is 2.07. The van der Waals surface area contributed by atoms with Gasteiger partial charge in [-0.3, -0.25) is 9.59 Å². The molecule has 0 aromatic carbocycles. The number of rotatable bonds is 4. The Kier molecular flexibility index (Phi) is 4.98. The zero-order valence-corrected chi connectivity index (χ0v) is 15.6. The Labute approximate surface area is 160 Å². The van der Waals surface area contributed by atoms with Crippen LogP contribution in [0.4, 0.5) is 0 Å². The molecule has 0 N–H and O–H groups in total. The highest BCUT2D eigenvalue weighted by molar-refractivity contribution is 7.10. The number of esters is 1. The number of amides is 2. The summed E-state index contributed by atoms with van der Waals surface area (Å²) in [6, 6.07) is 4.57. The zero-order valence-electron chi connectivity index (χ0n) is 14.8. The van der Waals surface area contributed by atoms with Crippen LogP contribution in [-0.4, -0.2) is 53.3 Å². The molecular weight excluding hydrogens is 368 g/mol. The van der Waals surface area contributed by atoms with Gasteiger partial charge in [-0.15, -0.1) is 11.3 Å². The average Bonchev–Trinajstić information content (AvgIpc) is 3.45. The number of fused-ring (bicyclic) bond motifs is 1. The van der Waals surface area contributed by atoms with E-state index in [0.717, 1.165) is 12.0 Å². The second kappa shape index (κ2) is 7.56. The molecule has 0 bridgehead atoms. The number of carbonyl (C=O) groups excluding carboxylic acids is 3. The summed E-state index contributed by atoms with van der Waals surface area (Å²) in [5.41, 5.74) is 1.16. The number of thiophene rings is 1. The molecule has 4 rings (SSSR count). The Morgan fingerprint density at radius 2 is 2.15 bits per heavy atom. The van der Waals surface area contributed by atoms with Crippen LogP contribution in [0.1, 0.15) is 33.8 Å². The Bertz CT molecular complexity index is 844. The van der Waals surface area contributed by atoms with Crippen molar-refractivity contribution in [3.8, 4) is 0 Å². The molecule has 142 valence electrons. The van der Waals surface area contributed by atoms with Gasteiger partial charge in [0, 0.05) is 24.5 Å². The third-order valence-electron chi connectivity index (χ3n) is 5.02. The van der Waals surface area contributed by atoms with Crippen molar-refractivity contribution in [2.75, 3.05) is 19.7 Å². The van der Waals surface area contributed by atoms with E-state index < -0.39 is 12.0 Å². The van der Waals surface area contributed by atoms with Crippen molar-refractivity contribution in [3.05, 3.63) is 46.0 Å². The molecule has 2 amide bonds. The van der Waals surface area contributed by atoms with E-state index in [0.29, 0.717) is 32.5 Å². The molecule has 27 heavy (non-hydrogen) atoms. The standard InChI is InChI=1S/C19H20N2O5S/c22-17(20-8-5-16-13(11-20)6-10-27-16)12-26-19(24)14-3-1-7-21(14)18(23)15-4-2-9-25-15/h2,4,6,9-10,14H,1,3,5,7-8,11-12H2/t14-/m0/s1. The van der Waals surface area contributed by atoms with Gasteiger partial charge in [0.2, 0.25) is 0 Å². The first-order valence-electron chi connectivity index (χ1n) is 8.97. The summed E-state index contributed by atoms with van der Waals surface area (Å²) in [6.07, 6.45) is 3.50. The molecule has 2 aliphatic heterocycles. The molecule has 2 aromatic rings.